The van der Waals surface area contributed by atoms with Crippen molar-refractivity contribution in [2.45, 2.75) is 13.5 Å². The van der Waals surface area contributed by atoms with E-state index in [1.54, 1.807) is 66.2 Å². The highest BCUT2D eigenvalue weighted by atomic mass is 16.5. The second-order valence-corrected chi connectivity index (χ2v) is 5.48. The van der Waals surface area contributed by atoms with E-state index in [0.717, 1.165) is 5.69 Å². The molecule has 0 bridgehead atoms. The number of hydrogen-bond acceptors (Lipinski definition) is 6. The van der Waals surface area contributed by atoms with Crippen LogP contribution in [-0.4, -0.2) is 32.1 Å². The van der Waals surface area contributed by atoms with Gasteiger partial charge in [0.15, 0.2) is 0 Å². The average molecular weight is 354 g/mol. The first-order valence-corrected chi connectivity index (χ1v) is 8.04. The van der Waals surface area contributed by atoms with E-state index in [4.69, 9.17) is 9.47 Å². The number of aromatic nitrogens is 4. The summed E-state index contributed by atoms with van der Waals surface area (Å²) < 4.78 is 13.8. The lowest BCUT2D eigenvalue weighted by molar-refractivity contribution is 0.0526. The molecule has 0 fully saturated rings. The van der Waals surface area contributed by atoms with Gasteiger partial charge in [-0.1, -0.05) is 0 Å². The van der Waals surface area contributed by atoms with Gasteiger partial charge in [-0.3, -0.25) is 9.48 Å². The Bertz CT molecular complexity index is 960. The van der Waals surface area contributed by atoms with E-state index in [0.29, 0.717) is 17.9 Å². The van der Waals surface area contributed by atoms with Crippen molar-refractivity contribution in [1.82, 2.24) is 19.6 Å². The maximum absolute atomic E-state index is 12.0. The molecule has 0 aliphatic heterocycles. The van der Waals surface area contributed by atoms with E-state index in [1.807, 2.05) is 0 Å². The Balaban J connectivity index is 1.71. The standard InChI is InChI=1S/C18H18N4O4/c1-3-25-18(24)13-4-6-15(7-5-13)26-12-16-17(23)8-9-22(20-16)14-10-19-21(2)11-14/h4-11H,3,12H2,1-2H3. The zero-order chi connectivity index (χ0) is 18.5. The number of ether oxygens (including phenoxy) is 2. The largest absolute Gasteiger partial charge is 0.487 e. The highest BCUT2D eigenvalue weighted by Crippen LogP contribution is 2.14. The smallest absolute Gasteiger partial charge is 0.338 e. The molecule has 0 aliphatic rings. The van der Waals surface area contributed by atoms with Crippen LogP contribution in [0.25, 0.3) is 5.69 Å². The third kappa shape index (κ3) is 3.97. The second-order valence-electron chi connectivity index (χ2n) is 5.48. The van der Waals surface area contributed by atoms with Gasteiger partial charge in [0, 0.05) is 19.3 Å². The van der Waals surface area contributed by atoms with Gasteiger partial charge in [0.2, 0.25) is 5.43 Å². The van der Waals surface area contributed by atoms with Crippen molar-refractivity contribution in [3.8, 4) is 11.4 Å². The van der Waals surface area contributed by atoms with Crippen molar-refractivity contribution in [3.05, 3.63) is 70.4 Å². The second kappa shape index (κ2) is 7.64. The van der Waals surface area contributed by atoms with Crippen LogP contribution in [0.2, 0.25) is 0 Å². The predicted molar refractivity (Wildman–Crippen MR) is 93.3 cm³/mol. The first-order valence-electron chi connectivity index (χ1n) is 8.04. The molecular weight excluding hydrogens is 336 g/mol. The third-order valence-corrected chi connectivity index (χ3v) is 3.58. The van der Waals surface area contributed by atoms with Crippen LogP contribution in [0.15, 0.2) is 53.7 Å². The Morgan fingerprint density at radius 3 is 2.62 bits per heavy atom. The molecular formula is C18H18N4O4. The van der Waals surface area contributed by atoms with Crippen LogP contribution in [0.3, 0.4) is 0 Å². The summed E-state index contributed by atoms with van der Waals surface area (Å²) in [4.78, 5) is 23.6. The highest BCUT2D eigenvalue weighted by molar-refractivity contribution is 5.89. The fourth-order valence-electron chi connectivity index (χ4n) is 2.27. The van der Waals surface area contributed by atoms with Crippen molar-refractivity contribution >= 4 is 5.97 Å². The summed E-state index contributed by atoms with van der Waals surface area (Å²) >= 11 is 0. The van der Waals surface area contributed by atoms with Crippen molar-refractivity contribution in [2.24, 2.45) is 7.05 Å². The van der Waals surface area contributed by atoms with Gasteiger partial charge in [-0.15, -0.1) is 0 Å². The maximum Gasteiger partial charge on any atom is 0.338 e. The first kappa shape index (κ1) is 17.4. The fourth-order valence-corrected chi connectivity index (χ4v) is 2.27. The highest BCUT2D eigenvalue weighted by Gasteiger charge is 2.08. The summed E-state index contributed by atoms with van der Waals surface area (Å²) in [5.41, 5.74) is 1.24. The normalized spacial score (nSPS) is 10.5. The van der Waals surface area contributed by atoms with Crippen LogP contribution in [0.1, 0.15) is 23.0 Å². The molecule has 0 saturated carbocycles. The SMILES string of the molecule is CCOC(=O)c1ccc(OCc2nn(-c3cnn(C)c3)ccc2=O)cc1. The number of carbonyl (C=O) groups excluding carboxylic acids is 1. The van der Waals surface area contributed by atoms with E-state index in [9.17, 15) is 9.59 Å². The number of nitrogens with zero attached hydrogens (tertiary/aromatic N) is 4. The van der Waals surface area contributed by atoms with Crippen LogP contribution in [0, 0.1) is 0 Å². The number of aryl methyl sites for hydroxylation is 1. The van der Waals surface area contributed by atoms with Crippen LogP contribution in [-0.2, 0) is 18.4 Å². The van der Waals surface area contributed by atoms with Crippen LogP contribution >= 0.6 is 0 Å². The minimum absolute atomic E-state index is 0.0126. The van der Waals surface area contributed by atoms with Crippen LogP contribution < -0.4 is 10.2 Å². The molecule has 0 radical (unpaired) electrons. The molecule has 0 unspecified atom stereocenters. The van der Waals surface area contributed by atoms with Crippen molar-refractivity contribution in [2.75, 3.05) is 6.61 Å². The molecule has 3 rings (SSSR count). The Kier molecular flexibility index (Phi) is 5.12. The number of carbonyl (C=O) groups is 1. The molecule has 2 heterocycles. The third-order valence-electron chi connectivity index (χ3n) is 3.58. The lowest BCUT2D eigenvalue weighted by atomic mass is 10.2. The topological polar surface area (TPSA) is 88.2 Å². The Morgan fingerprint density at radius 2 is 1.96 bits per heavy atom. The lowest BCUT2D eigenvalue weighted by Gasteiger charge is -2.08. The fraction of sp³-hybridized carbons (Fsp3) is 0.222. The molecule has 3 aromatic rings. The summed E-state index contributed by atoms with van der Waals surface area (Å²) in [5.74, 6) is 0.138. The van der Waals surface area contributed by atoms with Crippen LogP contribution in [0.5, 0.6) is 5.75 Å². The minimum Gasteiger partial charge on any atom is -0.487 e. The van der Waals surface area contributed by atoms with Crippen LogP contribution in [0.4, 0.5) is 0 Å². The van der Waals surface area contributed by atoms with E-state index < -0.39 is 0 Å². The molecule has 2 aromatic heterocycles. The molecule has 134 valence electrons. The quantitative estimate of drug-likeness (QED) is 0.626. The van der Waals surface area contributed by atoms with Crippen molar-refractivity contribution < 1.29 is 14.3 Å². The van der Waals surface area contributed by atoms with Gasteiger partial charge < -0.3 is 9.47 Å². The number of benzene rings is 1. The maximum atomic E-state index is 12.0. The number of hydrogen-bond donors (Lipinski definition) is 0. The average Bonchev–Trinajstić information content (AvgIpc) is 3.08. The minimum atomic E-state index is -0.386. The Labute approximate surface area is 149 Å². The number of rotatable bonds is 6. The van der Waals surface area contributed by atoms with Crippen molar-refractivity contribution in [3.63, 3.8) is 0 Å². The van der Waals surface area contributed by atoms with Gasteiger partial charge in [-0.2, -0.15) is 10.2 Å². The summed E-state index contributed by atoms with van der Waals surface area (Å²) in [6.07, 6.45) is 5.02. The molecule has 0 saturated heterocycles. The van der Waals surface area contributed by atoms with Gasteiger partial charge in [0.25, 0.3) is 0 Å². The Hall–Kier alpha value is -3.42. The molecule has 0 aliphatic carbocycles. The van der Waals surface area contributed by atoms with Gasteiger partial charge in [-0.25, -0.2) is 9.48 Å². The summed E-state index contributed by atoms with van der Waals surface area (Å²) in [5, 5.41) is 8.38. The van der Waals surface area contributed by atoms with Crippen molar-refractivity contribution in [1.29, 1.82) is 0 Å². The van der Waals surface area contributed by atoms with Gasteiger partial charge in [-0.05, 0) is 31.2 Å². The van der Waals surface area contributed by atoms with Gasteiger partial charge >= 0.3 is 5.97 Å². The number of esters is 1. The van der Waals surface area contributed by atoms with E-state index in [-0.39, 0.29) is 23.7 Å². The van der Waals surface area contributed by atoms with E-state index in [2.05, 4.69) is 10.2 Å². The zero-order valence-corrected chi connectivity index (χ0v) is 14.5. The zero-order valence-electron chi connectivity index (χ0n) is 14.5. The molecule has 26 heavy (non-hydrogen) atoms. The molecule has 1 aromatic carbocycles. The Morgan fingerprint density at radius 1 is 1.19 bits per heavy atom. The summed E-state index contributed by atoms with van der Waals surface area (Å²) in [7, 11) is 1.80. The monoisotopic (exact) mass is 354 g/mol. The molecule has 8 heteroatoms. The van der Waals surface area contributed by atoms with Gasteiger partial charge in [0.1, 0.15) is 23.7 Å². The van der Waals surface area contributed by atoms with E-state index in [1.165, 1.54) is 6.07 Å². The molecule has 0 amide bonds. The molecule has 8 nitrogen and oxygen atoms in total. The summed E-state index contributed by atoms with van der Waals surface area (Å²) in [6, 6.07) is 7.95. The molecule has 0 N–H and O–H groups in total. The first-order chi connectivity index (χ1) is 12.6. The molecule has 0 spiro atoms. The lowest BCUT2D eigenvalue weighted by Crippen LogP contribution is -2.17. The molecule has 0 atom stereocenters. The summed E-state index contributed by atoms with van der Waals surface area (Å²) in [6.45, 7) is 2.08. The van der Waals surface area contributed by atoms with E-state index >= 15 is 0 Å². The van der Waals surface area contributed by atoms with Gasteiger partial charge in [0.05, 0.1) is 24.6 Å². The predicted octanol–water partition coefficient (Wildman–Crippen LogP) is 1.72.